The predicted molar refractivity (Wildman–Crippen MR) is 97.3 cm³/mol. The fraction of sp³-hybridized carbons (Fsp3) is 0.389. The number of amides is 1. The second-order valence-electron chi connectivity index (χ2n) is 6.30. The van der Waals surface area contributed by atoms with E-state index in [1.165, 1.54) is 16.6 Å². The number of benzene rings is 1. The van der Waals surface area contributed by atoms with Gasteiger partial charge in [0.2, 0.25) is 10.0 Å². The third-order valence-corrected chi connectivity index (χ3v) is 6.38. The highest BCUT2D eigenvalue weighted by molar-refractivity contribution is 7.89. The van der Waals surface area contributed by atoms with Gasteiger partial charge in [0.25, 0.3) is 5.91 Å². The SMILES string of the molecule is Cc1ccccc1CNC(=O)c1cc(S(=O)(=O)N2CCOCC2)cn1C. The Morgan fingerprint density at radius 1 is 1.23 bits per heavy atom. The first-order valence-electron chi connectivity index (χ1n) is 8.46. The summed E-state index contributed by atoms with van der Waals surface area (Å²) in [5, 5.41) is 2.85. The van der Waals surface area contributed by atoms with Crippen LogP contribution in [0.4, 0.5) is 0 Å². The van der Waals surface area contributed by atoms with Crippen LogP contribution in [0.25, 0.3) is 0 Å². The van der Waals surface area contributed by atoms with Gasteiger partial charge in [-0.25, -0.2) is 8.42 Å². The Morgan fingerprint density at radius 2 is 1.92 bits per heavy atom. The van der Waals surface area contributed by atoms with Gasteiger partial charge in [0.15, 0.2) is 0 Å². The van der Waals surface area contributed by atoms with Crippen molar-refractivity contribution in [2.24, 2.45) is 7.05 Å². The van der Waals surface area contributed by atoms with Crippen molar-refractivity contribution in [1.29, 1.82) is 0 Å². The predicted octanol–water partition coefficient (Wildman–Crippen LogP) is 1.28. The van der Waals surface area contributed by atoms with E-state index in [-0.39, 0.29) is 10.8 Å². The van der Waals surface area contributed by atoms with Gasteiger partial charge in [-0.3, -0.25) is 4.79 Å². The zero-order valence-electron chi connectivity index (χ0n) is 14.9. The highest BCUT2D eigenvalue weighted by Gasteiger charge is 2.28. The van der Waals surface area contributed by atoms with E-state index >= 15 is 0 Å². The molecule has 3 rings (SSSR count). The molecule has 0 radical (unpaired) electrons. The van der Waals surface area contributed by atoms with E-state index in [2.05, 4.69) is 5.32 Å². The topological polar surface area (TPSA) is 80.6 Å². The second kappa shape index (κ2) is 7.61. The molecule has 0 unspecified atom stereocenters. The molecule has 2 aromatic rings. The molecule has 1 saturated heterocycles. The van der Waals surface area contributed by atoms with Crippen molar-refractivity contribution >= 4 is 15.9 Å². The van der Waals surface area contributed by atoms with Crippen LogP contribution in [-0.4, -0.2) is 49.5 Å². The largest absolute Gasteiger partial charge is 0.379 e. The number of hydrogen-bond acceptors (Lipinski definition) is 4. The van der Waals surface area contributed by atoms with Crippen molar-refractivity contribution < 1.29 is 17.9 Å². The third-order valence-electron chi connectivity index (χ3n) is 4.52. The average molecular weight is 377 g/mol. The van der Waals surface area contributed by atoms with E-state index in [0.717, 1.165) is 11.1 Å². The molecule has 1 fully saturated rings. The number of aryl methyl sites for hydroxylation is 2. The quantitative estimate of drug-likeness (QED) is 0.851. The molecule has 1 aliphatic rings. The molecule has 2 heterocycles. The number of aromatic nitrogens is 1. The van der Waals surface area contributed by atoms with Crippen molar-refractivity contribution in [2.75, 3.05) is 26.3 Å². The fourth-order valence-corrected chi connectivity index (χ4v) is 4.39. The third kappa shape index (κ3) is 3.82. The van der Waals surface area contributed by atoms with Crippen molar-refractivity contribution in [2.45, 2.75) is 18.4 Å². The Balaban J connectivity index is 1.75. The summed E-state index contributed by atoms with van der Waals surface area (Å²) in [6, 6.07) is 9.23. The highest BCUT2D eigenvalue weighted by atomic mass is 32.2. The summed E-state index contributed by atoms with van der Waals surface area (Å²) in [6.45, 7) is 3.79. The first-order chi connectivity index (χ1) is 12.4. The van der Waals surface area contributed by atoms with Crippen LogP contribution >= 0.6 is 0 Å². The number of nitrogens with zero attached hydrogens (tertiary/aromatic N) is 2. The number of ether oxygens (including phenoxy) is 1. The molecular weight excluding hydrogens is 354 g/mol. The van der Waals surface area contributed by atoms with Crippen molar-refractivity contribution in [3.8, 4) is 0 Å². The van der Waals surface area contributed by atoms with E-state index in [1.807, 2.05) is 31.2 Å². The summed E-state index contributed by atoms with van der Waals surface area (Å²) in [7, 11) is -1.95. The zero-order chi connectivity index (χ0) is 18.7. The number of morpholine rings is 1. The summed E-state index contributed by atoms with van der Waals surface area (Å²) in [6.07, 6.45) is 1.48. The Hall–Kier alpha value is -2.16. The summed E-state index contributed by atoms with van der Waals surface area (Å²) in [5.74, 6) is -0.306. The van der Waals surface area contributed by atoms with Crippen molar-refractivity contribution in [3.05, 3.63) is 53.3 Å². The lowest BCUT2D eigenvalue weighted by molar-refractivity contribution is 0.0730. The molecule has 0 spiro atoms. The van der Waals surface area contributed by atoms with Crippen LogP contribution in [-0.2, 0) is 28.4 Å². The van der Waals surface area contributed by atoms with Crippen LogP contribution in [0.2, 0.25) is 0 Å². The number of rotatable bonds is 5. The van der Waals surface area contributed by atoms with Gasteiger partial charge >= 0.3 is 0 Å². The summed E-state index contributed by atoms with van der Waals surface area (Å²) in [5.41, 5.74) is 2.43. The molecule has 0 aliphatic carbocycles. The maximum atomic E-state index is 12.7. The summed E-state index contributed by atoms with van der Waals surface area (Å²) >= 11 is 0. The van der Waals surface area contributed by atoms with E-state index in [9.17, 15) is 13.2 Å². The van der Waals surface area contributed by atoms with E-state index in [0.29, 0.717) is 38.5 Å². The molecule has 0 atom stereocenters. The molecular formula is C18H23N3O4S. The number of carbonyl (C=O) groups is 1. The molecule has 7 nitrogen and oxygen atoms in total. The number of sulfonamides is 1. The van der Waals surface area contributed by atoms with Gasteiger partial charge < -0.3 is 14.6 Å². The lowest BCUT2D eigenvalue weighted by Gasteiger charge is -2.25. The molecule has 1 N–H and O–H groups in total. The van der Waals surface area contributed by atoms with Gasteiger partial charge in [-0.15, -0.1) is 0 Å². The monoisotopic (exact) mass is 377 g/mol. The maximum absolute atomic E-state index is 12.7. The van der Waals surface area contributed by atoms with Crippen LogP contribution in [0.15, 0.2) is 41.4 Å². The smallest absolute Gasteiger partial charge is 0.268 e. The minimum atomic E-state index is -3.62. The molecule has 8 heteroatoms. The molecule has 1 aromatic heterocycles. The van der Waals surface area contributed by atoms with Gasteiger partial charge in [0, 0.05) is 32.9 Å². The van der Waals surface area contributed by atoms with Crippen molar-refractivity contribution in [3.63, 3.8) is 0 Å². The summed E-state index contributed by atoms with van der Waals surface area (Å²) in [4.78, 5) is 12.6. The Labute approximate surface area is 153 Å². The highest BCUT2D eigenvalue weighted by Crippen LogP contribution is 2.19. The normalized spacial score (nSPS) is 15.8. The fourth-order valence-electron chi connectivity index (χ4n) is 2.91. The lowest BCUT2D eigenvalue weighted by Crippen LogP contribution is -2.40. The zero-order valence-corrected chi connectivity index (χ0v) is 15.8. The van der Waals surface area contributed by atoms with Crippen LogP contribution < -0.4 is 5.32 Å². The molecule has 140 valence electrons. The molecule has 0 bridgehead atoms. The molecule has 1 aromatic carbocycles. The average Bonchev–Trinajstić information content (AvgIpc) is 3.04. The number of carbonyl (C=O) groups excluding carboxylic acids is 1. The van der Waals surface area contributed by atoms with Crippen LogP contribution in [0.5, 0.6) is 0 Å². The standard InChI is InChI=1S/C18H23N3O4S/c1-14-5-3-4-6-15(14)12-19-18(22)17-11-16(13-20(17)2)26(23,24)21-7-9-25-10-8-21/h3-6,11,13H,7-10,12H2,1-2H3,(H,19,22). The maximum Gasteiger partial charge on any atom is 0.268 e. The molecule has 0 saturated carbocycles. The summed E-state index contributed by atoms with van der Waals surface area (Å²) < 4.78 is 33.6. The number of nitrogens with one attached hydrogen (secondary N) is 1. The molecule has 1 aliphatic heterocycles. The van der Waals surface area contributed by atoms with Gasteiger partial charge in [-0.1, -0.05) is 24.3 Å². The van der Waals surface area contributed by atoms with Gasteiger partial charge in [-0.2, -0.15) is 4.31 Å². The lowest BCUT2D eigenvalue weighted by atomic mass is 10.1. The first kappa shape index (κ1) is 18.6. The molecule has 26 heavy (non-hydrogen) atoms. The van der Waals surface area contributed by atoms with Gasteiger partial charge in [0.1, 0.15) is 10.6 Å². The minimum absolute atomic E-state index is 0.128. The van der Waals surface area contributed by atoms with Crippen LogP contribution in [0.1, 0.15) is 21.6 Å². The number of hydrogen-bond donors (Lipinski definition) is 1. The van der Waals surface area contributed by atoms with Crippen LogP contribution in [0.3, 0.4) is 0 Å². The Bertz CT molecular complexity index is 899. The molecule has 1 amide bonds. The van der Waals surface area contributed by atoms with Crippen LogP contribution in [0, 0.1) is 6.92 Å². The van der Waals surface area contributed by atoms with Gasteiger partial charge in [0.05, 0.1) is 13.2 Å². The van der Waals surface area contributed by atoms with Gasteiger partial charge in [-0.05, 0) is 24.1 Å². The first-order valence-corrected chi connectivity index (χ1v) is 9.90. The minimum Gasteiger partial charge on any atom is -0.379 e. The van der Waals surface area contributed by atoms with E-state index in [1.54, 1.807) is 11.6 Å². The second-order valence-corrected chi connectivity index (χ2v) is 8.24. The Morgan fingerprint density at radius 3 is 2.62 bits per heavy atom. The van der Waals surface area contributed by atoms with E-state index in [4.69, 9.17) is 4.74 Å². The van der Waals surface area contributed by atoms with Crippen molar-refractivity contribution in [1.82, 2.24) is 14.2 Å². The van der Waals surface area contributed by atoms with E-state index < -0.39 is 10.0 Å². The Kier molecular flexibility index (Phi) is 5.45.